The summed E-state index contributed by atoms with van der Waals surface area (Å²) in [6, 6.07) is 1.71. The molecule has 0 radical (unpaired) electrons. The standard InChI is InChI=1S/C9H7N3O2S/c1-5-10-3-2-6(12-5)8-11-4-7(15-8)9(13)14/h2-4H,1H3,(H,13,14). The quantitative estimate of drug-likeness (QED) is 0.833. The molecule has 0 fully saturated rings. The number of carbonyl (C=O) groups is 1. The zero-order chi connectivity index (χ0) is 10.8. The summed E-state index contributed by atoms with van der Waals surface area (Å²) in [6.45, 7) is 1.77. The van der Waals surface area contributed by atoms with Gasteiger partial charge in [0, 0.05) is 6.20 Å². The molecule has 0 aliphatic carbocycles. The summed E-state index contributed by atoms with van der Waals surface area (Å²) in [5, 5.41) is 9.33. The number of aromatic nitrogens is 3. The summed E-state index contributed by atoms with van der Waals surface area (Å²) < 4.78 is 0. The van der Waals surface area contributed by atoms with Gasteiger partial charge in [-0.15, -0.1) is 11.3 Å². The molecule has 1 N–H and O–H groups in total. The Labute approximate surface area is 89.5 Å². The Morgan fingerprint density at radius 1 is 1.47 bits per heavy atom. The maximum absolute atomic E-state index is 10.7. The fourth-order valence-electron chi connectivity index (χ4n) is 1.07. The summed E-state index contributed by atoms with van der Waals surface area (Å²) in [7, 11) is 0. The van der Waals surface area contributed by atoms with E-state index < -0.39 is 5.97 Å². The minimum Gasteiger partial charge on any atom is -0.477 e. The number of carboxylic acid groups (broad SMARTS) is 1. The van der Waals surface area contributed by atoms with Crippen molar-refractivity contribution in [3.63, 3.8) is 0 Å². The van der Waals surface area contributed by atoms with Crippen LogP contribution in [-0.4, -0.2) is 26.0 Å². The van der Waals surface area contributed by atoms with Gasteiger partial charge in [-0.2, -0.15) is 0 Å². The Morgan fingerprint density at radius 3 is 2.87 bits per heavy atom. The number of aryl methyl sites for hydroxylation is 1. The maximum Gasteiger partial charge on any atom is 0.347 e. The fraction of sp³-hybridized carbons (Fsp3) is 0.111. The minimum atomic E-state index is -0.968. The predicted molar refractivity (Wildman–Crippen MR) is 54.8 cm³/mol. The molecule has 2 heterocycles. The average Bonchev–Trinajstić information content (AvgIpc) is 2.66. The Balaban J connectivity index is 2.41. The van der Waals surface area contributed by atoms with E-state index in [0.29, 0.717) is 16.5 Å². The number of nitrogens with zero attached hydrogens (tertiary/aromatic N) is 3. The van der Waals surface area contributed by atoms with Crippen molar-refractivity contribution in [1.29, 1.82) is 0 Å². The highest BCUT2D eigenvalue weighted by Crippen LogP contribution is 2.22. The van der Waals surface area contributed by atoms with Crippen molar-refractivity contribution in [2.45, 2.75) is 6.92 Å². The molecule has 0 atom stereocenters. The molecule has 0 amide bonds. The lowest BCUT2D eigenvalue weighted by atomic mass is 10.4. The normalized spacial score (nSPS) is 10.2. The smallest absolute Gasteiger partial charge is 0.347 e. The van der Waals surface area contributed by atoms with Crippen molar-refractivity contribution in [2.24, 2.45) is 0 Å². The molecule has 76 valence electrons. The van der Waals surface area contributed by atoms with Crippen LogP contribution < -0.4 is 0 Å². The van der Waals surface area contributed by atoms with Crippen molar-refractivity contribution >= 4 is 17.3 Å². The molecule has 6 heteroatoms. The van der Waals surface area contributed by atoms with Crippen molar-refractivity contribution in [3.05, 3.63) is 29.2 Å². The van der Waals surface area contributed by atoms with Gasteiger partial charge in [-0.05, 0) is 13.0 Å². The highest BCUT2D eigenvalue weighted by molar-refractivity contribution is 7.16. The highest BCUT2D eigenvalue weighted by atomic mass is 32.1. The van der Waals surface area contributed by atoms with Gasteiger partial charge in [-0.25, -0.2) is 19.7 Å². The molecule has 0 aromatic carbocycles. The van der Waals surface area contributed by atoms with Crippen LogP contribution in [0.1, 0.15) is 15.5 Å². The van der Waals surface area contributed by atoms with Gasteiger partial charge in [-0.3, -0.25) is 0 Å². The predicted octanol–water partition coefficient (Wildman–Crippen LogP) is 1.61. The van der Waals surface area contributed by atoms with Crippen LogP contribution in [0.2, 0.25) is 0 Å². The third-order valence-corrected chi connectivity index (χ3v) is 2.72. The number of carboxylic acids is 1. The molecule has 0 saturated heterocycles. The van der Waals surface area contributed by atoms with Crippen LogP contribution in [0.25, 0.3) is 10.7 Å². The molecular formula is C9H7N3O2S. The number of thiazole rings is 1. The van der Waals surface area contributed by atoms with Crippen LogP contribution in [0, 0.1) is 6.92 Å². The molecule has 15 heavy (non-hydrogen) atoms. The first-order valence-electron chi connectivity index (χ1n) is 4.16. The molecule has 2 aromatic rings. The van der Waals surface area contributed by atoms with E-state index in [9.17, 15) is 4.79 Å². The molecule has 2 rings (SSSR count). The number of aromatic carboxylic acids is 1. The van der Waals surface area contributed by atoms with Gasteiger partial charge in [0.05, 0.1) is 6.20 Å². The minimum absolute atomic E-state index is 0.210. The van der Waals surface area contributed by atoms with Crippen molar-refractivity contribution in [1.82, 2.24) is 15.0 Å². The van der Waals surface area contributed by atoms with Gasteiger partial charge < -0.3 is 5.11 Å². The van der Waals surface area contributed by atoms with Gasteiger partial charge >= 0.3 is 5.97 Å². The SMILES string of the molecule is Cc1nccc(-c2ncc(C(=O)O)s2)n1. The summed E-state index contributed by atoms with van der Waals surface area (Å²) >= 11 is 1.10. The number of hydrogen-bond acceptors (Lipinski definition) is 5. The van der Waals surface area contributed by atoms with E-state index in [1.165, 1.54) is 6.20 Å². The summed E-state index contributed by atoms with van der Waals surface area (Å²) in [5.74, 6) is -0.330. The molecule has 2 aromatic heterocycles. The Kier molecular flexibility index (Phi) is 2.42. The molecule has 5 nitrogen and oxygen atoms in total. The molecule has 0 spiro atoms. The topological polar surface area (TPSA) is 76.0 Å². The third-order valence-electron chi connectivity index (χ3n) is 1.71. The second-order valence-electron chi connectivity index (χ2n) is 2.82. The van der Waals surface area contributed by atoms with Crippen molar-refractivity contribution in [3.8, 4) is 10.7 Å². The van der Waals surface area contributed by atoms with Crippen LogP contribution in [0.4, 0.5) is 0 Å². The third kappa shape index (κ3) is 1.99. The lowest BCUT2D eigenvalue weighted by molar-refractivity contribution is 0.0702. The van der Waals surface area contributed by atoms with Crippen LogP contribution in [0.3, 0.4) is 0 Å². The molecule has 0 aliphatic heterocycles. The van der Waals surface area contributed by atoms with E-state index >= 15 is 0 Å². The molecular weight excluding hydrogens is 214 g/mol. The van der Waals surface area contributed by atoms with Gasteiger partial charge in [0.2, 0.25) is 0 Å². The molecule has 0 unspecified atom stereocenters. The fourth-order valence-corrected chi connectivity index (χ4v) is 1.79. The zero-order valence-corrected chi connectivity index (χ0v) is 8.65. The lowest BCUT2D eigenvalue weighted by Gasteiger charge is -1.94. The van der Waals surface area contributed by atoms with Crippen LogP contribution in [0.5, 0.6) is 0 Å². The van der Waals surface area contributed by atoms with E-state index in [1.807, 2.05) is 0 Å². The molecule has 0 bridgehead atoms. The molecule has 0 saturated carbocycles. The zero-order valence-electron chi connectivity index (χ0n) is 7.84. The van der Waals surface area contributed by atoms with Crippen molar-refractivity contribution < 1.29 is 9.90 Å². The second kappa shape index (κ2) is 3.74. The van der Waals surface area contributed by atoms with E-state index in [2.05, 4.69) is 15.0 Å². The Morgan fingerprint density at radius 2 is 2.27 bits per heavy atom. The second-order valence-corrected chi connectivity index (χ2v) is 3.85. The summed E-state index contributed by atoms with van der Waals surface area (Å²) in [4.78, 5) is 23.0. The van der Waals surface area contributed by atoms with Crippen LogP contribution >= 0.6 is 11.3 Å². The first-order chi connectivity index (χ1) is 7.16. The van der Waals surface area contributed by atoms with E-state index in [1.54, 1.807) is 19.2 Å². The molecule has 0 aliphatic rings. The summed E-state index contributed by atoms with van der Waals surface area (Å²) in [6.07, 6.45) is 2.96. The Hall–Kier alpha value is -1.82. The van der Waals surface area contributed by atoms with E-state index in [-0.39, 0.29) is 4.88 Å². The van der Waals surface area contributed by atoms with E-state index in [4.69, 9.17) is 5.11 Å². The highest BCUT2D eigenvalue weighted by Gasteiger charge is 2.10. The largest absolute Gasteiger partial charge is 0.477 e. The maximum atomic E-state index is 10.7. The Bertz CT molecular complexity index is 510. The van der Waals surface area contributed by atoms with Gasteiger partial charge in [0.1, 0.15) is 21.4 Å². The van der Waals surface area contributed by atoms with Crippen molar-refractivity contribution in [2.75, 3.05) is 0 Å². The first kappa shape index (κ1) is 9.72. The van der Waals surface area contributed by atoms with Gasteiger partial charge in [0.15, 0.2) is 0 Å². The monoisotopic (exact) mass is 221 g/mol. The average molecular weight is 221 g/mol. The van der Waals surface area contributed by atoms with Crippen LogP contribution in [-0.2, 0) is 0 Å². The van der Waals surface area contributed by atoms with Crippen LogP contribution in [0.15, 0.2) is 18.5 Å². The van der Waals surface area contributed by atoms with E-state index in [0.717, 1.165) is 11.3 Å². The number of hydrogen-bond donors (Lipinski definition) is 1. The lowest BCUT2D eigenvalue weighted by Crippen LogP contribution is -1.89. The number of rotatable bonds is 2. The van der Waals surface area contributed by atoms with Gasteiger partial charge in [0.25, 0.3) is 0 Å². The van der Waals surface area contributed by atoms with Gasteiger partial charge in [-0.1, -0.05) is 0 Å². The first-order valence-corrected chi connectivity index (χ1v) is 4.97. The summed E-state index contributed by atoms with van der Waals surface area (Å²) in [5.41, 5.74) is 0.653.